The Balaban J connectivity index is 2.43. The number of nitrogens with one attached hydrogen (secondary N) is 1. The van der Waals surface area contributed by atoms with E-state index in [1.807, 2.05) is 6.26 Å². The average Bonchev–Trinajstić information content (AvgIpc) is 2.79. The molecule has 102 valence electrons. The van der Waals surface area contributed by atoms with Gasteiger partial charge in [-0.1, -0.05) is 25.1 Å². The SMILES string of the molecule is CCCc1nc(SC)[nH]c(=O)c1Cc1sccc1C. The zero-order valence-electron chi connectivity index (χ0n) is 11.4. The smallest absolute Gasteiger partial charge is 0.255 e. The molecule has 0 aliphatic carbocycles. The third kappa shape index (κ3) is 3.28. The Morgan fingerprint density at radius 1 is 1.47 bits per heavy atom. The number of aromatic nitrogens is 2. The third-order valence-corrected chi connectivity index (χ3v) is 4.67. The minimum absolute atomic E-state index is 0.00981. The second-order valence-electron chi connectivity index (χ2n) is 4.45. The van der Waals surface area contributed by atoms with Gasteiger partial charge in [0.05, 0.1) is 5.69 Å². The summed E-state index contributed by atoms with van der Waals surface area (Å²) < 4.78 is 0. The highest BCUT2D eigenvalue weighted by atomic mass is 32.2. The molecule has 0 spiro atoms. The Morgan fingerprint density at radius 2 is 2.26 bits per heavy atom. The molecule has 0 atom stereocenters. The van der Waals surface area contributed by atoms with Gasteiger partial charge in [-0.05, 0) is 36.6 Å². The van der Waals surface area contributed by atoms with E-state index in [-0.39, 0.29) is 5.56 Å². The first-order valence-corrected chi connectivity index (χ1v) is 8.45. The van der Waals surface area contributed by atoms with Gasteiger partial charge in [-0.3, -0.25) is 4.79 Å². The second kappa shape index (κ2) is 6.39. The zero-order chi connectivity index (χ0) is 13.8. The van der Waals surface area contributed by atoms with E-state index in [9.17, 15) is 4.79 Å². The summed E-state index contributed by atoms with van der Waals surface area (Å²) in [5, 5.41) is 2.78. The van der Waals surface area contributed by atoms with E-state index in [2.05, 4.69) is 35.3 Å². The summed E-state index contributed by atoms with van der Waals surface area (Å²) >= 11 is 3.18. The zero-order valence-corrected chi connectivity index (χ0v) is 13.1. The van der Waals surface area contributed by atoms with E-state index in [0.29, 0.717) is 11.6 Å². The van der Waals surface area contributed by atoms with Crippen molar-refractivity contribution >= 4 is 23.1 Å². The monoisotopic (exact) mass is 294 g/mol. The summed E-state index contributed by atoms with van der Waals surface area (Å²) in [5.74, 6) is 0. The van der Waals surface area contributed by atoms with Crippen LogP contribution in [0.3, 0.4) is 0 Å². The Labute approximate surface area is 121 Å². The van der Waals surface area contributed by atoms with Crippen LogP contribution in [0.25, 0.3) is 0 Å². The van der Waals surface area contributed by atoms with Crippen molar-refractivity contribution < 1.29 is 0 Å². The molecule has 0 aliphatic heterocycles. The number of hydrogen-bond acceptors (Lipinski definition) is 4. The summed E-state index contributed by atoms with van der Waals surface area (Å²) in [7, 11) is 0. The fourth-order valence-corrected chi connectivity index (χ4v) is 3.30. The fraction of sp³-hybridized carbons (Fsp3) is 0.429. The van der Waals surface area contributed by atoms with Crippen molar-refractivity contribution in [3.05, 3.63) is 43.5 Å². The van der Waals surface area contributed by atoms with Gasteiger partial charge in [0.15, 0.2) is 5.16 Å². The Morgan fingerprint density at radius 3 is 2.84 bits per heavy atom. The summed E-state index contributed by atoms with van der Waals surface area (Å²) in [6, 6.07) is 2.09. The van der Waals surface area contributed by atoms with Crippen molar-refractivity contribution in [1.29, 1.82) is 0 Å². The molecule has 2 rings (SSSR count). The van der Waals surface area contributed by atoms with Crippen molar-refractivity contribution in [3.63, 3.8) is 0 Å². The molecule has 2 heterocycles. The van der Waals surface area contributed by atoms with Crippen LogP contribution in [-0.4, -0.2) is 16.2 Å². The van der Waals surface area contributed by atoms with Gasteiger partial charge >= 0.3 is 0 Å². The topological polar surface area (TPSA) is 45.8 Å². The molecule has 5 heteroatoms. The lowest BCUT2D eigenvalue weighted by Gasteiger charge is -2.08. The van der Waals surface area contributed by atoms with E-state index >= 15 is 0 Å². The van der Waals surface area contributed by atoms with Crippen LogP contribution in [0.1, 0.15) is 35.0 Å². The van der Waals surface area contributed by atoms with Crippen LogP contribution in [0.2, 0.25) is 0 Å². The normalized spacial score (nSPS) is 10.9. The van der Waals surface area contributed by atoms with Crippen molar-refractivity contribution in [1.82, 2.24) is 9.97 Å². The second-order valence-corrected chi connectivity index (χ2v) is 6.25. The van der Waals surface area contributed by atoms with E-state index in [1.54, 1.807) is 11.3 Å². The van der Waals surface area contributed by atoms with Crippen LogP contribution in [0.15, 0.2) is 21.4 Å². The Kier molecular flexibility index (Phi) is 4.82. The van der Waals surface area contributed by atoms with Crippen molar-refractivity contribution in [2.24, 2.45) is 0 Å². The number of H-pyrrole nitrogens is 1. The maximum atomic E-state index is 12.2. The van der Waals surface area contributed by atoms with Crippen LogP contribution >= 0.6 is 23.1 Å². The van der Waals surface area contributed by atoms with Crippen LogP contribution in [-0.2, 0) is 12.8 Å². The predicted octanol–water partition coefficient (Wildman–Crippen LogP) is 3.41. The number of aryl methyl sites for hydroxylation is 2. The maximum Gasteiger partial charge on any atom is 0.255 e. The average molecular weight is 294 g/mol. The molecule has 0 unspecified atom stereocenters. The number of hydrogen-bond donors (Lipinski definition) is 1. The van der Waals surface area contributed by atoms with Crippen LogP contribution in [0.5, 0.6) is 0 Å². The highest BCUT2D eigenvalue weighted by Crippen LogP contribution is 2.20. The van der Waals surface area contributed by atoms with Gasteiger partial charge < -0.3 is 4.98 Å². The van der Waals surface area contributed by atoms with Gasteiger partial charge in [0.1, 0.15) is 0 Å². The quantitative estimate of drug-likeness (QED) is 0.679. The Bertz CT molecular complexity index is 616. The lowest BCUT2D eigenvalue weighted by atomic mass is 10.1. The van der Waals surface area contributed by atoms with E-state index < -0.39 is 0 Å². The highest BCUT2D eigenvalue weighted by molar-refractivity contribution is 7.98. The number of thiophene rings is 1. The van der Waals surface area contributed by atoms with E-state index in [0.717, 1.165) is 24.1 Å². The molecule has 1 N–H and O–H groups in total. The molecule has 0 radical (unpaired) electrons. The number of thioether (sulfide) groups is 1. The highest BCUT2D eigenvalue weighted by Gasteiger charge is 2.13. The fourth-order valence-electron chi connectivity index (χ4n) is 1.99. The lowest BCUT2D eigenvalue weighted by molar-refractivity contribution is 0.790. The van der Waals surface area contributed by atoms with Crippen molar-refractivity contribution in [3.8, 4) is 0 Å². The first-order chi connectivity index (χ1) is 9.15. The molecule has 0 fully saturated rings. The van der Waals surface area contributed by atoms with E-state index in [4.69, 9.17) is 0 Å². The summed E-state index contributed by atoms with van der Waals surface area (Å²) in [5.41, 5.74) is 3.03. The van der Waals surface area contributed by atoms with Gasteiger partial charge in [0.25, 0.3) is 5.56 Å². The Hall–Kier alpha value is -1.07. The molecule has 2 aromatic rings. The molecule has 0 saturated carbocycles. The summed E-state index contributed by atoms with van der Waals surface area (Å²) in [6.07, 6.45) is 4.48. The molecular weight excluding hydrogens is 276 g/mol. The number of nitrogens with zero attached hydrogens (tertiary/aromatic N) is 1. The van der Waals surface area contributed by atoms with Gasteiger partial charge in [0, 0.05) is 16.9 Å². The molecule has 0 bridgehead atoms. The molecular formula is C14H18N2OS2. The number of aromatic amines is 1. The van der Waals surface area contributed by atoms with Crippen molar-refractivity contribution in [2.45, 2.75) is 38.3 Å². The molecule has 19 heavy (non-hydrogen) atoms. The summed E-state index contributed by atoms with van der Waals surface area (Å²) in [6.45, 7) is 4.20. The standard InChI is InChI=1S/C14H18N2OS2/c1-4-5-11-10(8-12-9(2)6-7-19-12)13(17)16-14(15-11)18-3/h6-7H,4-5,8H2,1-3H3,(H,15,16,17). The molecule has 3 nitrogen and oxygen atoms in total. The van der Waals surface area contributed by atoms with Crippen LogP contribution in [0, 0.1) is 6.92 Å². The molecule has 0 aromatic carbocycles. The predicted molar refractivity (Wildman–Crippen MR) is 82.5 cm³/mol. The van der Waals surface area contributed by atoms with Gasteiger partial charge in [0.2, 0.25) is 0 Å². The van der Waals surface area contributed by atoms with Gasteiger partial charge in [-0.2, -0.15) is 0 Å². The molecule has 0 saturated heterocycles. The van der Waals surface area contributed by atoms with Crippen molar-refractivity contribution in [2.75, 3.05) is 6.26 Å². The molecule has 0 amide bonds. The molecule has 0 aliphatic rings. The minimum atomic E-state index is 0.00981. The van der Waals surface area contributed by atoms with E-state index in [1.165, 1.54) is 22.2 Å². The first-order valence-electron chi connectivity index (χ1n) is 6.34. The van der Waals surface area contributed by atoms with Crippen LogP contribution in [0.4, 0.5) is 0 Å². The summed E-state index contributed by atoms with van der Waals surface area (Å²) in [4.78, 5) is 20.9. The van der Waals surface area contributed by atoms with Crippen LogP contribution < -0.4 is 5.56 Å². The number of rotatable bonds is 5. The third-order valence-electron chi connectivity index (χ3n) is 3.07. The largest absolute Gasteiger partial charge is 0.301 e. The maximum absolute atomic E-state index is 12.2. The lowest BCUT2D eigenvalue weighted by Crippen LogP contribution is -2.19. The minimum Gasteiger partial charge on any atom is -0.301 e. The molecule has 2 aromatic heterocycles. The first kappa shape index (κ1) is 14.3. The van der Waals surface area contributed by atoms with Gasteiger partial charge in [-0.15, -0.1) is 11.3 Å². The van der Waals surface area contributed by atoms with Gasteiger partial charge in [-0.25, -0.2) is 4.98 Å².